The summed E-state index contributed by atoms with van der Waals surface area (Å²) in [6.07, 6.45) is 3.28. The number of carbonyl (C=O) groups is 1. The zero-order chi connectivity index (χ0) is 16.8. The van der Waals surface area contributed by atoms with Crippen LogP contribution >= 0.6 is 0 Å². The molecular formula is C20H23N3O. The summed E-state index contributed by atoms with van der Waals surface area (Å²) in [7, 11) is 0. The molecule has 0 saturated heterocycles. The minimum Gasteiger partial charge on any atom is -0.355 e. The van der Waals surface area contributed by atoms with E-state index in [-0.39, 0.29) is 5.91 Å². The minimum absolute atomic E-state index is 0.0853. The van der Waals surface area contributed by atoms with Crippen LogP contribution in [0, 0.1) is 0 Å². The van der Waals surface area contributed by atoms with E-state index in [4.69, 9.17) is 0 Å². The van der Waals surface area contributed by atoms with Crippen molar-refractivity contribution < 1.29 is 4.79 Å². The zero-order valence-corrected chi connectivity index (χ0v) is 14.0. The number of carbonyl (C=O) groups excluding carboxylic acids is 1. The van der Waals surface area contributed by atoms with Crippen molar-refractivity contribution >= 4 is 16.9 Å². The Labute approximate surface area is 142 Å². The lowest BCUT2D eigenvalue weighted by molar-refractivity contribution is -0.121. The van der Waals surface area contributed by atoms with Crippen LogP contribution in [0.15, 0.2) is 60.9 Å². The number of amides is 1. The molecule has 1 heterocycles. The minimum atomic E-state index is 0.0853. The fraction of sp³-hybridized carbons (Fsp3) is 0.300. The number of fused-ring (bicyclic) bond motifs is 1. The Hall–Kier alpha value is -2.62. The molecule has 4 heteroatoms. The molecule has 3 rings (SSSR count). The average molecular weight is 321 g/mol. The van der Waals surface area contributed by atoms with Crippen molar-refractivity contribution in [2.75, 3.05) is 6.54 Å². The fourth-order valence-electron chi connectivity index (χ4n) is 2.96. The molecule has 1 N–H and O–H groups in total. The van der Waals surface area contributed by atoms with Gasteiger partial charge in [-0.15, -0.1) is 0 Å². The van der Waals surface area contributed by atoms with E-state index in [9.17, 15) is 4.79 Å². The van der Waals surface area contributed by atoms with Crippen molar-refractivity contribution in [1.82, 2.24) is 14.9 Å². The summed E-state index contributed by atoms with van der Waals surface area (Å²) in [6, 6.07) is 18.3. The second-order valence-corrected chi connectivity index (χ2v) is 6.00. The lowest BCUT2D eigenvalue weighted by Gasteiger charge is -2.16. The van der Waals surface area contributed by atoms with Gasteiger partial charge in [-0.1, -0.05) is 49.4 Å². The van der Waals surface area contributed by atoms with Crippen LogP contribution in [0.4, 0.5) is 0 Å². The summed E-state index contributed by atoms with van der Waals surface area (Å²) in [5.41, 5.74) is 3.31. The van der Waals surface area contributed by atoms with Crippen LogP contribution < -0.4 is 5.32 Å². The first-order valence-electron chi connectivity index (χ1n) is 8.49. The molecular weight excluding hydrogens is 298 g/mol. The summed E-state index contributed by atoms with van der Waals surface area (Å²) in [5, 5.41) is 3.07. The average Bonchev–Trinajstić information content (AvgIpc) is 3.04. The molecule has 0 aliphatic heterocycles. The van der Waals surface area contributed by atoms with Crippen LogP contribution in [0.3, 0.4) is 0 Å². The Balaban J connectivity index is 1.52. The van der Waals surface area contributed by atoms with Gasteiger partial charge in [0.05, 0.1) is 17.4 Å². The highest BCUT2D eigenvalue weighted by molar-refractivity contribution is 5.77. The number of imidazole rings is 1. The SMILES string of the molecule is CCC(CNC(=O)CCn1cnc2ccccc21)c1ccccc1. The highest BCUT2D eigenvalue weighted by Crippen LogP contribution is 2.18. The van der Waals surface area contributed by atoms with Gasteiger partial charge in [0.1, 0.15) is 0 Å². The predicted octanol–water partition coefficient (Wildman–Crippen LogP) is 3.74. The third-order valence-electron chi connectivity index (χ3n) is 4.42. The van der Waals surface area contributed by atoms with Gasteiger partial charge in [0.15, 0.2) is 0 Å². The predicted molar refractivity (Wildman–Crippen MR) is 96.8 cm³/mol. The molecule has 1 unspecified atom stereocenters. The van der Waals surface area contributed by atoms with Gasteiger partial charge >= 0.3 is 0 Å². The lowest BCUT2D eigenvalue weighted by atomic mass is 9.96. The van der Waals surface area contributed by atoms with Gasteiger partial charge < -0.3 is 9.88 Å². The van der Waals surface area contributed by atoms with Gasteiger partial charge in [-0.05, 0) is 24.1 Å². The van der Waals surface area contributed by atoms with Crippen molar-refractivity contribution in [2.24, 2.45) is 0 Å². The zero-order valence-electron chi connectivity index (χ0n) is 14.0. The van der Waals surface area contributed by atoms with E-state index in [0.717, 1.165) is 17.5 Å². The molecule has 0 saturated carbocycles. The van der Waals surface area contributed by atoms with Crippen LogP contribution in [0.1, 0.15) is 31.2 Å². The summed E-state index contributed by atoms with van der Waals surface area (Å²) < 4.78 is 2.03. The number of hydrogen-bond donors (Lipinski definition) is 1. The first-order valence-corrected chi connectivity index (χ1v) is 8.49. The van der Waals surface area contributed by atoms with Gasteiger partial charge in [0.2, 0.25) is 5.91 Å². The van der Waals surface area contributed by atoms with Crippen molar-refractivity contribution in [3.8, 4) is 0 Å². The number of hydrogen-bond acceptors (Lipinski definition) is 2. The van der Waals surface area contributed by atoms with E-state index in [1.165, 1.54) is 5.56 Å². The first kappa shape index (κ1) is 16.2. The fourth-order valence-corrected chi connectivity index (χ4v) is 2.96. The normalized spacial score (nSPS) is 12.2. The van der Waals surface area contributed by atoms with Gasteiger partial charge in [0.25, 0.3) is 0 Å². The van der Waals surface area contributed by atoms with Crippen molar-refractivity contribution in [1.29, 1.82) is 0 Å². The van der Waals surface area contributed by atoms with E-state index in [1.54, 1.807) is 6.33 Å². The Bertz CT molecular complexity index is 795. The van der Waals surface area contributed by atoms with Gasteiger partial charge in [-0.25, -0.2) is 4.98 Å². The van der Waals surface area contributed by atoms with Gasteiger partial charge in [-0.2, -0.15) is 0 Å². The Morgan fingerprint density at radius 3 is 2.67 bits per heavy atom. The molecule has 0 radical (unpaired) electrons. The standard InChI is InChI=1S/C20H23N3O/c1-2-16(17-8-4-3-5-9-17)14-21-20(24)12-13-23-15-22-18-10-6-7-11-19(18)23/h3-11,15-16H,2,12-14H2,1H3,(H,21,24). The summed E-state index contributed by atoms with van der Waals surface area (Å²) in [4.78, 5) is 16.5. The molecule has 0 bridgehead atoms. The van der Waals surface area contributed by atoms with Crippen LogP contribution in [0.2, 0.25) is 0 Å². The van der Waals surface area contributed by atoms with Crippen LogP contribution in [0.5, 0.6) is 0 Å². The van der Waals surface area contributed by atoms with Crippen molar-refractivity contribution in [2.45, 2.75) is 32.2 Å². The topological polar surface area (TPSA) is 46.9 Å². The third kappa shape index (κ3) is 3.82. The molecule has 2 aromatic carbocycles. The number of rotatable bonds is 7. The van der Waals surface area contributed by atoms with E-state index >= 15 is 0 Å². The molecule has 0 aliphatic rings. The molecule has 1 aromatic heterocycles. The number of nitrogens with one attached hydrogen (secondary N) is 1. The Kier molecular flexibility index (Phi) is 5.26. The maximum absolute atomic E-state index is 12.2. The second kappa shape index (κ2) is 7.77. The van der Waals surface area contributed by atoms with Gasteiger partial charge in [0, 0.05) is 25.4 Å². The molecule has 1 amide bonds. The van der Waals surface area contributed by atoms with E-state index in [2.05, 4.69) is 29.4 Å². The third-order valence-corrected chi connectivity index (χ3v) is 4.42. The molecule has 1 atom stereocenters. The summed E-state index contributed by atoms with van der Waals surface area (Å²) in [6.45, 7) is 3.49. The number of aryl methyl sites for hydroxylation is 1. The number of para-hydroxylation sites is 2. The Morgan fingerprint density at radius 2 is 1.88 bits per heavy atom. The first-order chi connectivity index (χ1) is 11.8. The van der Waals surface area contributed by atoms with Crippen LogP contribution in [0.25, 0.3) is 11.0 Å². The molecule has 3 aromatic rings. The van der Waals surface area contributed by atoms with E-state index < -0.39 is 0 Å². The maximum Gasteiger partial charge on any atom is 0.221 e. The van der Waals surface area contributed by atoms with E-state index in [0.29, 0.717) is 25.4 Å². The highest BCUT2D eigenvalue weighted by atomic mass is 16.1. The highest BCUT2D eigenvalue weighted by Gasteiger charge is 2.11. The molecule has 0 aliphatic carbocycles. The smallest absolute Gasteiger partial charge is 0.221 e. The number of benzene rings is 2. The van der Waals surface area contributed by atoms with Crippen LogP contribution in [-0.4, -0.2) is 22.0 Å². The van der Waals surface area contributed by atoms with Gasteiger partial charge in [-0.3, -0.25) is 4.79 Å². The largest absolute Gasteiger partial charge is 0.355 e. The van der Waals surface area contributed by atoms with Crippen molar-refractivity contribution in [3.63, 3.8) is 0 Å². The van der Waals surface area contributed by atoms with E-state index in [1.807, 2.05) is 47.0 Å². The monoisotopic (exact) mass is 321 g/mol. The molecule has 0 spiro atoms. The summed E-state index contributed by atoms with van der Waals surface area (Å²) in [5.74, 6) is 0.450. The molecule has 24 heavy (non-hydrogen) atoms. The molecule has 4 nitrogen and oxygen atoms in total. The quantitative estimate of drug-likeness (QED) is 0.720. The Morgan fingerprint density at radius 1 is 1.12 bits per heavy atom. The maximum atomic E-state index is 12.2. The second-order valence-electron chi connectivity index (χ2n) is 6.00. The van der Waals surface area contributed by atoms with Crippen LogP contribution in [-0.2, 0) is 11.3 Å². The number of nitrogens with zero attached hydrogens (tertiary/aromatic N) is 2. The number of aromatic nitrogens is 2. The lowest BCUT2D eigenvalue weighted by Crippen LogP contribution is -2.28. The summed E-state index contributed by atoms with van der Waals surface area (Å²) >= 11 is 0. The molecule has 124 valence electrons. The van der Waals surface area contributed by atoms with Crippen molar-refractivity contribution in [3.05, 3.63) is 66.5 Å². The molecule has 0 fully saturated rings.